The molecule has 0 spiro atoms. The molecule has 1 heterocycles. The molecule has 1 radical (unpaired) electrons. The number of unbranched alkanes of at least 4 members (excludes halogenated alkanes) is 4. The topological polar surface area (TPSA) is 41.6 Å². The highest BCUT2D eigenvalue weighted by atomic mass is 32.1. The molecule has 24 heavy (non-hydrogen) atoms. The molecule has 1 atom stereocenters. The summed E-state index contributed by atoms with van der Waals surface area (Å²) >= 11 is 5.60. The first-order chi connectivity index (χ1) is 11.7. The number of thiocarbonyl (C=S) groups is 1. The van der Waals surface area contributed by atoms with Crippen molar-refractivity contribution in [1.82, 2.24) is 15.4 Å². The van der Waals surface area contributed by atoms with Crippen molar-refractivity contribution in [2.45, 2.75) is 64.2 Å². The molecule has 0 saturated carbocycles. The minimum atomic E-state index is -0.277. The Morgan fingerprint density at radius 1 is 1.17 bits per heavy atom. The van der Waals surface area contributed by atoms with Crippen molar-refractivity contribution < 1.29 is 0 Å². The van der Waals surface area contributed by atoms with E-state index < -0.39 is 0 Å². The lowest BCUT2D eigenvalue weighted by molar-refractivity contribution is 0.622. The molecule has 0 aliphatic rings. The molecule has 3 nitrogen and oxygen atoms in total. The van der Waals surface area contributed by atoms with Crippen LogP contribution >= 0.6 is 12.2 Å². The smallest absolute Gasteiger partial charge is 0.0930 e. The second-order valence-corrected chi connectivity index (χ2v) is 7.12. The van der Waals surface area contributed by atoms with Gasteiger partial charge in [0.25, 0.3) is 0 Å². The maximum atomic E-state index is 5.60. The van der Waals surface area contributed by atoms with E-state index in [-0.39, 0.29) is 5.41 Å². The molecule has 2 aromatic rings. The van der Waals surface area contributed by atoms with Gasteiger partial charge in [-0.05, 0) is 43.0 Å². The minimum Gasteiger partial charge on any atom is -0.265 e. The summed E-state index contributed by atoms with van der Waals surface area (Å²) in [6.45, 7) is 4.43. The summed E-state index contributed by atoms with van der Waals surface area (Å²) in [5.41, 5.74) is 1.87. The van der Waals surface area contributed by atoms with E-state index in [0.717, 1.165) is 23.4 Å². The molecule has 4 heteroatoms. The molecule has 1 aromatic heterocycles. The highest BCUT2D eigenvalue weighted by molar-refractivity contribution is 7.80. The lowest BCUT2D eigenvalue weighted by atomic mass is 9.75. The molecule has 0 aliphatic heterocycles. The largest absolute Gasteiger partial charge is 0.265 e. The van der Waals surface area contributed by atoms with Crippen molar-refractivity contribution in [3.63, 3.8) is 0 Å². The number of aromatic nitrogens is 3. The van der Waals surface area contributed by atoms with Crippen LogP contribution in [0.25, 0.3) is 0 Å². The van der Waals surface area contributed by atoms with Crippen LogP contribution in [0.1, 0.15) is 70.1 Å². The van der Waals surface area contributed by atoms with Gasteiger partial charge in [-0.25, -0.2) is 0 Å². The zero-order chi connectivity index (χ0) is 17.3. The average molecular weight is 343 g/mol. The van der Waals surface area contributed by atoms with Crippen molar-refractivity contribution in [2.75, 3.05) is 0 Å². The van der Waals surface area contributed by atoms with Crippen LogP contribution in [-0.4, -0.2) is 20.3 Å². The predicted molar refractivity (Wildman–Crippen MR) is 104 cm³/mol. The average Bonchev–Trinajstić information content (AvgIpc) is 3.15. The van der Waals surface area contributed by atoms with Gasteiger partial charge in [0.1, 0.15) is 0 Å². The zero-order valence-electron chi connectivity index (χ0n) is 14.8. The zero-order valence-corrected chi connectivity index (χ0v) is 15.6. The fourth-order valence-corrected chi connectivity index (χ4v) is 3.18. The molecule has 0 amide bonds. The summed E-state index contributed by atoms with van der Waals surface area (Å²) < 4.78 is 0. The van der Waals surface area contributed by atoms with Crippen molar-refractivity contribution in [3.05, 3.63) is 54.2 Å². The predicted octanol–water partition coefficient (Wildman–Crippen LogP) is 5.44. The van der Waals surface area contributed by atoms with Crippen molar-refractivity contribution >= 4 is 17.1 Å². The summed E-state index contributed by atoms with van der Waals surface area (Å²) in [5.74, 6) is 0. The van der Waals surface area contributed by atoms with Crippen LogP contribution in [-0.2, 0) is 5.41 Å². The molecule has 2 rings (SSSR count). The molecule has 129 valence electrons. The second-order valence-electron chi connectivity index (χ2n) is 6.54. The summed E-state index contributed by atoms with van der Waals surface area (Å²) in [6.07, 6.45) is 12.5. The highest BCUT2D eigenvalue weighted by Gasteiger charge is 2.31. The number of rotatable bonds is 11. The van der Waals surface area contributed by atoms with Gasteiger partial charge in [0.05, 0.1) is 5.69 Å². The minimum absolute atomic E-state index is 0.277. The van der Waals surface area contributed by atoms with Crippen LogP contribution in [0.4, 0.5) is 0 Å². The normalized spacial score (nSPS) is 13.6. The Morgan fingerprint density at radius 3 is 2.58 bits per heavy atom. The van der Waals surface area contributed by atoms with E-state index in [1.807, 2.05) is 12.3 Å². The van der Waals surface area contributed by atoms with Gasteiger partial charge in [0.2, 0.25) is 0 Å². The monoisotopic (exact) mass is 342 g/mol. The fourth-order valence-electron chi connectivity index (χ4n) is 2.96. The number of aromatic amines is 1. The quantitative estimate of drug-likeness (QED) is 0.437. The van der Waals surface area contributed by atoms with Gasteiger partial charge in [0, 0.05) is 11.6 Å². The number of benzene rings is 1. The van der Waals surface area contributed by atoms with Gasteiger partial charge in [-0.3, -0.25) is 5.10 Å². The molecular weight excluding hydrogens is 314 g/mol. The summed E-state index contributed by atoms with van der Waals surface area (Å²) in [5, 5.41) is 11.0. The first-order valence-corrected chi connectivity index (χ1v) is 9.36. The van der Waals surface area contributed by atoms with Crippen molar-refractivity contribution in [2.24, 2.45) is 0 Å². The van der Waals surface area contributed by atoms with Gasteiger partial charge < -0.3 is 0 Å². The molecule has 0 bridgehead atoms. The third-order valence-electron chi connectivity index (χ3n) is 4.62. The Balaban J connectivity index is 1.94. The van der Waals surface area contributed by atoms with Crippen LogP contribution in [0.3, 0.4) is 0 Å². The Hall–Kier alpha value is -1.55. The molecule has 0 aliphatic carbocycles. The molecular formula is C20H28N3S. The Kier molecular flexibility index (Phi) is 7.57. The lowest BCUT2D eigenvalue weighted by Crippen LogP contribution is -2.26. The third-order valence-corrected chi connectivity index (χ3v) is 4.99. The van der Waals surface area contributed by atoms with Crippen molar-refractivity contribution in [1.29, 1.82) is 0 Å². The molecule has 1 unspecified atom stereocenters. The lowest BCUT2D eigenvalue weighted by Gasteiger charge is -2.28. The van der Waals surface area contributed by atoms with Gasteiger partial charge in [0.15, 0.2) is 0 Å². The highest BCUT2D eigenvalue weighted by Crippen LogP contribution is 2.34. The molecule has 0 fully saturated rings. The second kappa shape index (κ2) is 9.67. The molecule has 0 saturated heterocycles. The maximum absolute atomic E-state index is 5.60. The van der Waals surface area contributed by atoms with E-state index in [4.69, 9.17) is 12.2 Å². The Morgan fingerprint density at radius 2 is 1.92 bits per heavy atom. The molecule has 1 N–H and O–H groups in total. The van der Waals surface area contributed by atoms with E-state index in [9.17, 15) is 0 Å². The summed E-state index contributed by atoms with van der Waals surface area (Å²) in [6, 6.07) is 10.4. The number of hydrogen-bond donors (Lipinski definition) is 1. The number of H-pyrrole nitrogens is 1. The van der Waals surface area contributed by atoms with E-state index in [0.29, 0.717) is 0 Å². The fraction of sp³-hybridized carbons (Fsp3) is 0.500. The standard InChI is InChI=1S/C20H28N3S/c1-3-4-5-6-10-13-18(24)14-15-20(2,19-16-21-23-22-19)17-11-8-7-9-12-17/h7-9,11-12,15-16H,3-6,10,13-14H2,1-2H3,(H,21,22,23). The van der Waals surface area contributed by atoms with E-state index in [1.54, 1.807) is 0 Å². The van der Waals surface area contributed by atoms with Crippen LogP contribution in [0, 0.1) is 6.42 Å². The number of hydrogen-bond acceptors (Lipinski definition) is 3. The number of nitrogens with zero attached hydrogens (tertiary/aromatic N) is 2. The third kappa shape index (κ3) is 5.23. The Bertz CT molecular complexity index is 595. The van der Waals surface area contributed by atoms with E-state index in [1.165, 1.54) is 37.7 Å². The first-order valence-electron chi connectivity index (χ1n) is 8.95. The summed E-state index contributed by atoms with van der Waals surface area (Å²) in [7, 11) is 0. The van der Waals surface area contributed by atoms with Gasteiger partial charge in [-0.15, -0.1) is 5.10 Å². The first kappa shape index (κ1) is 18.8. The maximum Gasteiger partial charge on any atom is 0.0930 e. The summed E-state index contributed by atoms with van der Waals surface area (Å²) in [4.78, 5) is 1.14. The van der Waals surface area contributed by atoms with Gasteiger partial charge >= 0.3 is 0 Å². The van der Waals surface area contributed by atoms with E-state index in [2.05, 4.69) is 59.9 Å². The van der Waals surface area contributed by atoms with Crippen LogP contribution < -0.4 is 0 Å². The van der Waals surface area contributed by atoms with Gasteiger partial charge in [-0.2, -0.15) is 0 Å². The van der Waals surface area contributed by atoms with Crippen LogP contribution in [0.2, 0.25) is 0 Å². The van der Waals surface area contributed by atoms with Gasteiger partial charge in [-0.1, -0.05) is 80.4 Å². The molecule has 1 aromatic carbocycles. The SMILES string of the molecule is CCCCCCCC(=S)C[CH]C(C)(c1ccccc1)c1c[nH]nn1. The van der Waals surface area contributed by atoms with Crippen LogP contribution in [0.5, 0.6) is 0 Å². The van der Waals surface area contributed by atoms with E-state index >= 15 is 0 Å². The van der Waals surface area contributed by atoms with Crippen LogP contribution in [0.15, 0.2) is 36.5 Å². The number of nitrogens with one attached hydrogen (secondary N) is 1. The van der Waals surface area contributed by atoms with Crippen molar-refractivity contribution in [3.8, 4) is 0 Å². The Labute approximate surface area is 151 Å².